The van der Waals surface area contributed by atoms with E-state index in [2.05, 4.69) is 13.5 Å². The van der Waals surface area contributed by atoms with E-state index in [1.54, 1.807) is 6.92 Å². The molecule has 0 aliphatic rings. The lowest BCUT2D eigenvalue weighted by Crippen LogP contribution is -2.19. The van der Waals surface area contributed by atoms with Crippen LogP contribution in [0.25, 0.3) is 0 Å². The zero-order valence-corrected chi connectivity index (χ0v) is 12.5. The summed E-state index contributed by atoms with van der Waals surface area (Å²) in [5.74, 6) is 0.410. The van der Waals surface area contributed by atoms with Crippen molar-refractivity contribution in [2.75, 3.05) is 6.61 Å². The Kier molecular flexibility index (Phi) is 7.15. The minimum absolute atomic E-state index is 0.135. The molecule has 0 bridgehead atoms. The minimum Gasteiger partial charge on any atom is -0.396 e. The van der Waals surface area contributed by atoms with E-state index in [0.717, 1.165) is 30.4 Å². The summed E-state index contributed by atoms with van der Waals surface area (Å²) in [5, 5.41) is 9.32. The average molecular weight is 252 g/mol. The summed E-state index contributed by atoms with van der Waals surface area (Å²) in [6.07, 6.45) is 4.53. The van der Waals surface area contributed by atoms with Gasteiger partial charge in [-0.3, -0.25) is 4.79 Å². The van der Waals surface area contributed by atoms with Gasteiger partial charge in [-0.05, 0) is 50.0 Å². The summed E-state index contributed by atoms with van der Waals surface area (Å²) in [5.41, 5.74) is 1.87. The van der Waals surface area contributed by atoms with Crippen molar-refractivity contribution in [3.63, 3.8) is 0 Å². The second-order valence-corrected chi connectivity index (χ2v) is 6.02. The van der Waals surface area contributed by atoms with Crippen LogP contribution >= 0.6 is 0 Å². The van der Waals surface area contributed by atoms with E-state index in [1.807, 2.05) is 26.8 Å². The second-order valence-electron chi connectivity index (χ2n) is 6.02. The van der Waals surface area contributed by atoms with Gasteiger partial charge in [0.25, 0.3) is 0 Å². The first kappa shape index (κ1) is 17.1. The Hall–Kier alpha value is -0.890. The third-order valence-electron chi connectivity index (χ3n) is 3.31. The highest BCUT2D eigenvalue weighted by atomic mass is 16.3. The Morgan fingerprint density at radius 3 is 2.33 bits per heavy atom. The number of rotatable bonds is 8. The Morgan fingerprint density at radius 1 is 1.39 bits per heavy atom. The second kappa shape index (κ2) is 7.52. The van der Waals surface area contributed by atoms with E-state index in [9.17, 15) is 9.90 Å². The largest absolute Gasteiger partial charge is 0.396 e. The lowest BCUT2D eigenvalue weighted by molar-refractivity contribution is -0.114. The van der Waals surface area contributed by atoms with Crippen LogP contribution in [0.4, 0.5) is 0 Å². The van der Waals surface area contributed by atoms with Gasteiger partial charge in [0.05, 0.1) is 0 Å². The number of carbonyl (C=O) groups excluding carboxylic acids is 1. The molecule has 2 nitrogen and oxygen atoms in total. The van der Waals surface area contributed by atoms with Crippen molar-refractivity contribution in [1.29, 1.82) is 0 Å². The summed E-state index contributed by atoms with van der Waals surface area (Å²) >= 11 is 0. The summed E-state index contributed by atoms with van der Waals surface area (Å²) in [4.78, 5) is 11.8. The number of aliphatic hydroxyl groups excluding tert-OH is 1. The number of hydrogen-bond donors (Lipinski definition) is 1. The number of Topliss-reactive ketones (excluding diaryl/α,β-unsaturated/α-hetero) is 1. The Morgan fingerprint density at radius 2 is 1.94 bits per heavy atom. The van der Waals surface area contributed by atoms with Crippen LogP contribution in [0.15, 0.2) is 23.8 Å². The molecule has 0 heterocycles. The molecule has 0 rings (SSSR count). The molecule has 0 amide bonds. The van der Waals surface area contributed by atoms with Gasteiger partial charge >= 0.3 is 0 Å². The smallest absolute Gasteiger partial charge is 0.156 e. The number of carbonyl (C=O) groups is 1. The molecule has 0 aromatic heterocycles. The van der Waals surface area contributed by atoms with E-state index in [4.69, 9.17) is 0 Å². The molecule has 0 spiro atoms. The van der Waals surface area contributed by atoms with Gasteiger partial charge in [-0.1, -0.05) is 32.4 Å². The van der Waals surface area contributed by atoms with Gasteiger partial charge < -0.3 is 5.11 Å². The maximum Gasteiger partial charge on any atom is 0.156 e. The standard InChI is InChI=1S/C16H28O2/c1-7-8-9-12(2)15(14(4)18)13(3)10-16(5,6)11-17/h7,12,17H,1,8-11H2,2-6H3/b15-13-. The van der Waals surface area contributed by atoms with Crippen molar-refractivity contribution >= 4 is 5.78 Å². The number of ketones is 1. The average Bonchev–Trinajstić information content (AvgIpc) is 2.25. The van der Waals surface area contributed by atoms with Gasteiger partial charge in [-0.2, -0.15) is 0 Å². The third-order valence-corrected chi connectivity index (χ3v) is 3.31. The van der Waals surface area contributed by atoms with Gasteiger partial charge in [0, 0.05) is 6.61 Å². The third kappa shape index (κ3) is 5.63. The van der Waals surface area contributed by atoms with Crippen LogP contribution in [0, 0.1) is 11.3 Å². The Labute approximate surface area is 112 Å². The maximum atomic E-state index is 11.8. The van der Waals surface area contributed by atoms with Crippen molar-refractivity contribution < 1.29 is 9.90 Å². The Balaban J connectivity index is 5.06. The van der Waals surface area contributed by atoms with Crippen molar-refractivity contribution in [3.05, 3.63) is 23.8 Å². The highest BCUT2D eigenvalue weighted by Gasteiger charge is 2.22. The first-order valence-electron chi connectivity index (χ1n) is 6.67. The quantitative estimate of drug-likeness (QED) is 0.525. The fourth-order valence-corrected chi connectivity index (χ4v) is 2.45. The summed E-state index contributed by atoms with van der Waals surface area (Å²) < 4.78 is 0. The zero-order valence-electron chi connectivity index (χ0n) is 12.5. The fourth-order valence-electron chi connectivity index (χ4n) is 2.45. The molecule has 1 unspecified atom stereocenters. The molecule has 0 saturated carbocycles. The molecule has 1 N–H and O–H groups in total. The molecule has 0 aliphatic heterocycles. The van der Waals surface area contributed by atoms with Crippen LogP contribution in [-0.4, -0.2) is 17.5 Å². The fraction of sp³-hybridized carbons (Fsp3) is 0.688. The first-order chi connectivity index (χ1) is 8.25. The lowest BCUT2D eigenvalue weighted by Gasteiger charge is -2.25. The van der Waals surface area contributed by atoms with E-state index < -0.39 is 0 Å². The van der Waals surface area contributed by atoms with Gasteiger partial charge in [0.1, 0.15) is 0 Å². The van der Waals surface area contributed by atoms with Crippen LogP contribution in [0.3, 0.4) is 0 Å². The number of hydrogen-bond acceptors (Lipinski definition) is 2. The highest BCUT2D eigenvalue weighted by Crippen LogP contribution is 2.30. The summed E-state index contributed by atoms with van der Waals surface area (Å²) in [6, 6.07) is 0. The van der Waals surface area contributed by atoms with Crippen molar-refractivity contribution in [1.82, 2.24) is 0 Å². The predicted octanol–water partition coefficient (Wildman–Crippen LogP) is 3.90. The molecule has 0 radical (unpaired) electrons. The normalized spacial score (nSPS) is 15.0. The van der Waals surface area contributed by atoms with Crippen LogP contribution in [-0.2, 0) is 4.79 Å². The van der Waals surface area contributed by atoms with Gasteiger partial charge in [-0.15, -0.1) is 6.58 Å². The van der Waals surface area contributed by atoms with Crippen LogP contribution in [0.2, 0.25) is 0 Å². The van der Waals surface area contributed by atoms with Crippen molar-refractivity contribution in [2.45, 2.75) is 53.9 Å². The first-order valence-corrected chi connectivity index (χ1v) is 6.67. The monoisotopic (exact) mass is 252 g/mol. The van der Waals surface area contributed by atoms with Gasteiger partial charge in [-0.25, -0.2) is 0 Å². The summed E-state index contributed by atoms with van der Waals surface area (Å²) in [6.45, 7) is 13.6. The van der Waals surface area contributed by atoms with Crippen LogP contribution in [0.1, 0.15) is 53.9 Å². The van der Waals surface area contributed by atoms with Crippen molar-refractivity contribution in [3.8, 4) is 0 Å². The highest BCUT2D eigenvalue weighted by molar-refractivity contribution is 5.94. The molecular weight excluding hydrogens is 224 g/mol. The minimum atomic E-state index is -0.164. The molecule has 0 fully saturated rings. The molecule has 0 aromatic carbocycles. The molecule has 1 atom stereocenters. The van der Waals surface area contributed by atoms with E-state index in [0.29, 0.717) is 0 Å². The molecule has 18 heavy (non-hydrogen) atoms. The molecule has 0 saturated heterocycles. The predicted molar refractivity (Wildman–Crippen MR) is 77.5 cm³/mol. The summed E-state index contributed by atoms with van der Waals surface area (Å²) in [7, 11) is 0. The molecule has 0 aliphatic carbocycles. The molecule has 2 heteroatoms. The maximum absolute atomic E-state index is 11.8. The molecule has 0 aromatic rings. The lowest BCUT2D eigenvalue weighted by atomic mass is 9.81. The molecule has 104 valence electrons. The Bertz CT molecular complexity index is 324. The van der Waals surface area contributed by atoms with E-state index in [-0.39, 0.29) is 23.7 Å². The number of allylic oxidation sites excluding steroid dienone is 3. The van der Waals surface area contributed by atoms with Gasteiger partial charge in [0.2, 0.25) is 0 Å². The van der Waals surface area contributed by atoms with Crippen LogP contribution < -0.4 is 0 Å². The zero-order chi connectivity index (χ0) is 14.3. The van der Waals surface area contributed by atoms with Crippen molar-refractivity contribution in [2.24, 2.45) is 11.3 Å². The van der Waals surface area contributed by atoms with Crippen LogP contribution in [0.5, 0.6) is 0 Å². The van der Waals surface area contributed by atoms with E-state index in [1.165, 1.54) is 0 Å². The number of aliphatic hydroxyl groups is 1. The topological polar surface area (TPSA) is 37.3 Å². The molecular formula is C16H28O2. The van der Waals surface area contributed by atoms with E-state index >= 15 is 0 Å². The SMILES string of the molecule is C=CCCC(C)/C(C(C)=O)=C(\C)CC(C)(C)CO. The van der Waals surface area contributed by atoms with Gasteiger partial charge in [0.15, 0.2) is 5.78 Å².